The molecule has 2 aliphatic rings. The van der Waals surface area contributed by atoms with Crippen LogP contribution < -0.4 is 14.8 Å². The molecular formula is C20H24F3N5O4. The van der Waals surface area contributed by atoms with Gasteiger partial charge in [-0.2, -0.15) is 4.98 Å². The molecular weight excluding hydrogens is 431 g/mol. The second-order valence-electron chi connectivity index (χ2n) is 8.34. The summed E-state index contributed by atoms with van der Waals surface area (Å²) in [4.78, 5) is 17.2. The van der Waals surface area contributed by atoms with Gasteiger partial charge in [-0.3, -0.25) is 0 Å². The summed E-state index contributed by atoms with van der Waals surface area (Å²) in [6.07, 6.45) is -3.86. The number of piperidine rings is 1. The zero-order valence-corrected chi connectivity index (χ0v) is 17.5. The monoisotopic (exact) mass is 455 g/mol. The molecule has 174 valence electrons. The van der Waals surface area contributed by atoms with E-state index in [9.17, 15) is 23.1 Å². The van der Waals surface area contributed by atoms with Crippen molar-refractivity contribution in [1.29, 1.82) is 0 Å². The largest absolute Gasteiger partial charge is 0.573 e. The smallest absolute Gasteiger partial charge is 0.465 e. The molecule has 1 aliphatic heterocycles. The fourth-order valence-corrected chi connectivity index (χ4v) is 4.38. The number of carbonyl (C=O) groups is 1. The molecule has 1 aliphatic carbocycles. The van der Waals surface area contributed by atoms with E-state index in [0.717, 1.165) is 18.9 Å². The van der Waals surface area contributed by atoms with Crippen molar-refractivity contribution in [1.82, 2.24) is 19.7 Å². The van der Waals surface area contributed by atoms with Gasteiger partial charge in [0.25, 0.3) is 0 Å². The minimum atomic E-state index is -4.80. The Morgan fingerprint density at radius 2 is 1.88 bits per heavy atom. The van der Waals surface area contributed by atoms with Gasteiger partial charge in [-0.25, -0.2) is 9.48 Å². The second kappa shape index (κ2) is 8.40. The third-order valence-corrected chi connectivity index (χ3v) is 5.74. The number of hydrogen-bond donors (Lipinski definition) is 2. The molecule has 0 spiro atoms. The van der Waals surface area contributed by atoms with E-state index in [0.29, 0.717) is 19.0 Å². The molecule has 1 saturated heterocycles. The molecule has 2 aromatic rings. The molecule has 2 N–H and O–H groups in total. The Kier molecular flexibility index (Phi) is 5.78. The fourth-order valence-electron chi connectivity index (χ4n) is 4.38. The highest BCUT2D eigenvalue weighted by atomic mass is 19.4. The molecule has 4 rings (SSSR count). The van der Waals surface area contributed by atoms with Crippen LogP contribution in [0.2, 0.25) is 0 Å². The summed E-state index contributed by atoms with van der Waals surface area (Å²) in [5.74, 6) is 0.392. The Morgan fingerprint density at radius 1 is 1.22 bits per heavy atom. The molecule has 32 heavy (non-hydrogen) atoms. The van der Waals surface area contributed by atoms with Crippen LogP contribution in [-0.2, 0) is 0 Å². The van der Waals surface area contributed by atoms with Crippen molar-refractivity contribution in [3.63, 3.8) is 0 Å². The molecule has 2 heterocycles. The van der Waals surface area contributed by atoms with Crippen molar-refractivity contribution in [3.8, 4) is 17.5 Å². The lowest BCUT2D eigenvalue weighted by Gasteiger charge is -2.36. The Hall–Kier alpha value is -3.18. The lowest BCUT2D eigenvalue weighted by Crippen LogP contribution is -2.49. The zero-order chi connectivity index (χ0) is 23.0. The third-order valence-electron chi connectivity index (χ3n) is 5.74. The number of rotatable bonds is 6. The van der Waals surface area contributed by atoms with E-state index in [1.807, 2.05) is 13.8 Å². The number of amides is 1. The Bertz CT molecular complexity index is 966. The summed E-state index contributed by atoms with van der Waals surface area (Å²) in [7, 11) is 0. The van der Waals surface area contributed by atoms with Crippen molar-refractivity contribution in [2.24, 2.45) is 11.8 Å². The summed E-state index contributed by atoms with van der Waals surface area (Å²) in [5, 5.41) is 17.1. The Labute approximate surface area is 182 Å². The summed E-state index contributed by atoms with van der Waals surface area (Å²) < 4.78 is 48.7. The summed E-state index contributed by atoms with van der Waals surface area (Å²) in [6, 6.07) is 5.25. The maximum absolute atomic E-state index is 12.5. The number of aromatic nitrogens is 3. The first kappa shape index (κ1) is 22.0. The van der Waals surface area contributed by atoms with Gasteiger partial charge in [-0.1, -0.05) is 6.07 Å². The van der Waals surface area contributed by atoms with Crippen molar-refractivity contribution in [2.75, 3.05) is 18.4 Å². The van der Waals surface area contributed by atoms with Crippen LogP contribution in [0.1, 0.15) is 32.7 Å². The van der Waals surface area contributed by atoms with Gasteiger partial charge in [0.1, 0.15) is 11.5 Å². The third kappa shape index (κ3) is 4.83. The average molecular weight is 455 g/mol. The highest BCUT2D eigenvalue weighted by Crippen LogP contribution is 2.39. The van der Waals surface area contributed by atoms with Crippen LogP contribution in [0.3, 0.4) is 0 Å². The molecule has 1 saturated carbocycles. The van der Waals surface area contributed by atoms with Crippen molar-refractivity contribution < 1.29 is 32.5 Å². The Morgan fingerprint density at radius 3 is 2.47 bits per heavy atom. The highest BCUT2D eigenvalue weighted by Gasteiger charge is 2.44. The standard InChI is InChI=1S/C20H24F3N5O4/c1-11(2)28-18(31-14-4-3-5-15(8-14)32-20(21,22)23)25-17(26-28)24-16-12-6-7-13(16)10-27(9-12)19(29)30/h3-5,8,11-13,16H,6-7,9-10H2,1-2H3,(H,24,26)(H,29,30)/t12-,13+,16-. The lowest BCUT2D eigenvalue weighted by molar-refractivity contribution is -0.274. The van der Waals surface area contributed by atoms with Crippen LogP contribution in [0, 0.1) is 11.8 Å². The molecule has 2 fully saturated rings. The van der Waals surface area contributed by atoms with Crippen LogP contribution in [0.15, 0.2) is 24.3 Å². The van der Waals surface area contributed by atoms with Gasteiger partial charge in [0.15, 0.2) is 0 Å². The van der Waals surface area contributed by atoms with E-state index in [-0.39, 0.29) is 35.7 Å². The molecule has 9 nitrogen and oxygen atoms in total. The maximum atomic E-state index is 12.5. The average Bonchev–Trinajstić information content (AvgIpc) is 3.17. The predicted octanol–water partition coefficient (Wildman–Crippen LogP) is 4.35. The molecule has 3 atom stereocenters. The number of carboxylic acid groups (broad SMARTS) is 1. The van der Waals surface area contributed by atoms with Gasteiger partial charge in [0.05, 0.1) is 6.04 Å². The van der Waals surface area contributed by atoms with E-state index in [1.54, 1.807) is 0 Å². The number of halogens is 3. The van der Waals surface area contributed by atoms with E-state index < -0.39 is 18.2 Å². The van der Waals surface area contributed by atoms with Crippen LogP contribution in [0.5, 0.6) is 17.5 Å². The minimum absolute atomic E-state index is 0.0463. The van der Waals surface area contributed by atoms with Gasteiger partial charge < -0.3 is 24.8 Å². The van der Waals surface area contributed by atoms with Gasteiger partial charge in [-0.15, -0.1) is 18.3 Å². The van der Waals surface area contributed by atoms with Gasteiger partial charge in [-0.05, 0) is 50.7 Å². The number of ether oxygens (including phenoxy) is 2. The maximum Gasteiger partial charge on any atom is 0.573 e. The Balaban J connectivity index is 1.50. The first-order chi connectivity index (χ1) is 15.1. The number of anilines is 1. The van der Waals surface area contributed by atoms with Gasteiger partial charge >= 0.3 is 18.5 Å². The number of hydrogen-bond acceptors (Lipinski definition) is 6. The first-order valence-corrected chi connectivity index (χ1v) is 10.3. The number of nitrogens with one attached hydrogen (secondary N) is 1. The topological polar surface area (TPSA) is 102 Å². The van der Waals surface area contributed by atoms with Gasteiger partial charge in [0.2, 0.25) is 5.95 Å². The van der Waals surface area contributed by atoms with E-state index in [4.69, 9.17) is 4.74 Å². The fraction of sp³-hybridized carbons (Fsp3) is 0.550. The number of fused-ring (bicyclic) bond motifs is 2. The number of alkyl halides is 3. The van der Waals surface area contributed by atoms with E-state index in [2.05, 4.69) is 20.1 Å². The minimum Gasteiger partial charge on any atom is -0.465 e. The van der Waals surface area contributed by atoms with E-state index >= 15 is 0 Å². The van der Waals surface area contributed by atoms with Crippen molar-refractivity contribution >= 4 is 12.0 Å². The molecule has 1 aromatic heterocycles. The molecule has 0 unspecified atom stereocenters. The normalized spacial score (nSPS) is 22.8. The summed E-state index contributed by atoms with van der Waals surface area (Å²) in [6.45, 7) is 4.68. The van der Waals surface area contributed by atoms with Gasteiger partial charge in [0, 0.05) is 25.2 Å². The van der Waals surface area contributed by atoms with Crippen molar-refractivity contribution in [2.45, 2.75) is 45.1 Å². The van der Waals surface area contributed by atoms with Crippen molar-refractivity contribution in [3.05, 3.63) is 24.3 Å². The first-order valence-electron chi connectivity index (χ1n) is 10.3. The number of benzene rings is 1. The predicted molar refractivity (Wildman–Crippen MR) is 107 cm³/mol. The van der Waals surface area contributed by atoms with E-state index in [1.165, 1.54) is 27.8 Å². The zero-order valence-electron chi connectivity index (χ0n) is 17.5. The molecule has 12 heteroatoms. The number of nitrogens with zero attached hydrogens (tertiary/aromatic N) is 4. The van der Waals surface area contributed by atoms with Crippen LogP contribution >= 0.6 is 0 Å². The van der Waals surface area contributed by atoms with Crippen LogP contribution in [0.25, 0.3) is 0 Å². The SMILES string of the molecule is CC(C)n1nc(N[C@@H]2[C@@H]3CC[C@H]2CN(C(=O)O)C3)nc1Oc1cccc(OC(F)(F)F)c1. The molecule has 1 aromatic carbocycles. The molecule has 1 amide bonds. The molecule has 2 bridgehead atoms. The molecule has 0 radical (unpaired) electrons. The number of likely N-dealkylation sites (tertiary alicyclic amines) is 1. The summed E-state index contributed by atoms with van der Waals surface area (Å²) >= 11 is 0. The second-order valence-corrected chi connectivity index (χ2v) is 8.34. The lowest BCUT2D eigenvalue weighted by atomic mass is 9.92. The summed E-state index contributed by atoms with van der Waals surface area (Å²) in [5.41, 5.74) is 0. The van der Waals surface area contributed by atoms with Crippen LogP contribution in [-0.4, -0.2) is 56.4 Å². The highest BCUT2D eigenvalue weighted by molar-refractivity contribution is 5.65. The van der Waals surface area contributed by atoms with Crippen LogP contribution in [0.4, 0.5) is 23.9 Å². The quantitative estimate of drug-likeness (QED) is 0.668.